The van der Waals surface area contributed by atoms with Gasteiger partial charge in [0.1, 0.15) is 0 Å². The standard InChI is InChI=1S/C13H15BF2N2/c1-4-11-5-6-12(18(11)14(15)16)8-13-9(2)7-10(3)17-13/h5-8H,4H2,1-3H3/p+1. The van der Waals surface area contributed by atoms with Crippen LogP contribution in [0, 0.1) is 13.8 Å². The molecule has 0 atom stereocenters. The molecule has 0 fully saturated rings. The molecule has 2 rings (SSSR count). The van der Waals surface area contributed by atoms with Crippen LogP contribution in [0.2, 0.25) is 0 Å². The van der Waals surface area contributed by atoms with Gasteiger partial charge in [0.05, 0.1) is 0 Å². The number of hydrogen-bond donors (Lipinski definition) is 1. The first-order valence-corrected chi connectivity index (χ1v) is 6.02. The highest BCUT2D eigenvalue weighted by atomic mass is 19.2. The van der Waals surface area contributed by atoms with Crippen LogP contribution in [-0.4, -0.2) is 22.6 Å². The first-order valence-electron chi connectivity index (χ1n) is 6.02. The number of halogens is 2. The number of H-pyrrole nitrogens is 1. The molecule has 5 heteroatoms. The molecule has 0 unspecified atom stereocenters. The van der Waals surface area contributed by atoms with Gasteiger partial charge in [0, 0.05) is 36.0 Å². The van der Waals surface area contributed by atoms with Crippen LogP contribution in [0.5, 0.6) is 0 Å². The fourth-order valence-corrected chi connectivity index (χ4v) is 2.20. The van der Waals surface area contributed by atoms with Gasteiger partial charge in [-0.2, -0.15) is 0 Å². The number of rotatable bonds is 3. The zero-order chi connectivity index (χ0) is 13.3. The van der Waals surface area contributed by atoms with Crippen LogP contribution in [0.1, 0.15) is 30.3 Å². The van der Waals surface area contributed by atoms with Gasteiger partial charge in [-0.3, -0.25) is 0 Å². The summed E-state index contributed by atoms with van der Waals surface area (Å²) in [6.45, 7) is 5.79. The van der Waals surface area contributed by atoms with Gasteiger partial charge < -0.3 is 4.98 Å². The van der Waals surface area contributed by atoms with Crippen LogP contribution in [0.4, 0.5) is 8.63 Å². The van der Waals surface area contributed by atoms with Gasteiger partial charge in [-0.1, -0.05) is 6.92 Å². The highest BCUT2D eigenvalue weighted by Gasteiger charge is 2.41. The highest BCUT2D eigenvalue weighted by molar-refractivity contribution is 6.35. The molecular formula is C13H16BF2N2+. The monoisotopic (exact) mass is 249 g/mol. The zero-order valence-electron chi connectivity index (χ0n) is 10.8. The molecule has 0 aromatic carbocycles. The molecule has 1 N–H and O–H groups in total. The van der Waals surface area contributed by atoms with E-state index in [1.807, 2.05) is 26.8 Å². The van der Waals surface area contributed by atoms with Gasteiger partial charge in [0.25, 0.3) is 0 Å². The molecule has 0 saturated heterocycles. The fraction of sp³-hybridized carbons (Fsp3) is 0.308. The number of hydrogen-bond acceptors (Lipinski definition) is 0. The number of allylic oxidation sites excluding steroid dienone is 2. The van der Waals surface area contributed by atoms with Crippen molar-refractivity contribution in [2.24, 2.45) is 0 Å². The second-order valence-corrected chi connectivity index (χ2v) is 4.44. The minimum Gasteiger partial charge on any atom is -0.359 e. The summed E-state index contributed by atoms with van der Waals surface area (Å²) in [6.07, 6.45) is 5.86. The van der Waals surface area contributed by atoms with Crippen molar-refractivity contribution >= 4 is 19.2 Å². The van der Waals surface area contributed by atoms with Gasteiger partial charge in [-0.15, -0.1) is 0 Å². The van der Waals surface area contributed by atoms with Crippen LogP contribution in [0.25, 0.3) is 6.08 Å². The molecule has 1 aromatic heterocycles. The second-order valence-electron chi connectivity index (χ2n) is 4.44. The van der Waals surface area contributed by atoms with E-state index in [0.29, 0.717) is 17.8 Å². The maximum absolute atomic E-state index is 13.0. The zero-order valence-corrected chi connectivity index (χ0v) is 10.8. The molecular weight excluding hydrogens is 233 g/mol. The third kappa shape index (κ3) is 2.30. The van der Waals surface area contributed by atoms with Crippen molar-refractivity contribution in [2.75, 3.05) is 0 Å². The van der Waals surface area contributed by atoms with E-state index < -0.39 is 7.40 Å². The van der Waals surface area contributed by atoms with E-state index in [1.54, 1.807) is 18.2 Å². The Morgan fingerprint density at radius 1 is 1.33 bits per heavy atom. The Labute approximate surface area is 106 Å². The van der Waals surface area contributed by atoms with E-state index in [4.69, 9.17) is 0 Å². The molecule has 1 aromatic rings. The van der Waals surface area contributed by atoms with Crippen molar-refractivity contribution in [3.05, 3.63) is 40.9 Å². The Bertz CT molecular complexity index is 553. The predicted octanol–water partition coefficient (Wildman–Crippen LogP) is 3.33. The van der Waals surface area contributed by atoms with Crippen molar-refractivity contribution in [2.45, 2.75) is 27.2 Å². The van der Waals surface area contributed by atoms with Gasteiger partial charge in [-0.05, 0) is 25.5 Å². The van der Waals surface area contributed by atoms with Crippen LogP contribution in [-0.2, 0) is 0 Å². The number of nitrogens with one attached hydrogen (secondary N) is 1. The first kappa shape index (κ1) is 12.8. The molecule has 0 aliphatic carbocycles. The van der Waals surface area contributed by atoms with Crippen LogP contribution < -0.4 is 0 Å². The average Bonchev–Trinajstić information content (AvgIpc) is 2.83. The summed E-state index contributed by atoms with van der Waals surface area (Å²) in [7, 11) is -2.50. The van der Waals surface area contributed by atoms with Gasteiger partial charge in [0.15, 0.2) is 11.4 Å². The third-order valence-corrected chi connectivity index (χ3v) is 3.07. The minimum atomic E-state index is -2.50. The molecule has 0 spiro atoms. The Kier molecular flexibility index (Phi) is 3.50. The summed E-state index contributed by atoms with van der Waals surface area (Å²) in [5.74, 6) is 0. The maximum Gasteiger partial charge on any atom is 0.934 e. The number of aromatic nitrogens is 1. The SMILES string of the molecule is CCC1=[N+](B(F)F)/C(=C\c2[nH]c(C)cc2C)C=C1. The lowest BCUT2D eigenvalue weighted by molar-refractivity contribution is -0.341. The van der Waals surface area contributed by atoms with Crippen LogP contribution in [0.15, 0.2) is 23.9 Å². The normalized spacial score (nSPS) is 17.1. The quantitative estimate of drug-likeness (QED) is 0.792. The molecule has 1 aliphatic heterocycles. The van der Waals surface area contributed by atoms with Crippen molar-refractivity contribution in [1.82, 2.24) is 4.98 Å². The molecule has 0 radical (unpaired) electrons. The van der Waals surface area contributed by atoms with E-state index in [2.05, 4.69) is 4.98 Å². The van der Waals surface area contributed by atoms with Crippen molar-refractivity contribution < 1.29 is 13.1 Å². The Morgan fingerprint density at radius 3 is 2.56 bits per heavy atom. The lowest BCUT2D eigenvalue weighted by Gasteiger charge is -1.99. The molecule has 2 heterocycles. The summed E-state index contributed by atoms with van der Waals surface area (Å²) in [4.78, 5) is 3.17. The predicted molar refractivity (Wildman–Crippen MR) is 70.9 cm³/mol. The van der Waals surface area contributed by atoms with Crippen molar-refractivity contribution in [3.63, 3.8) is 0 Å². The first-order chi connectivity index (χ1) is 8.52. The smallest absolute Gasteiger partial charge is 0.359 e. The van der Waals surface area contributed by atoms with Crippen molar-refractivity contribution in [3.8, 4) is 0 Å². The number of nitrogens with zero attached hydrogens (tertiary/aromatic N) is 1. The van der Waals surface area contributed by atoms with E-state index in [9.17, 15) is 8.63 Å². The van der Waals surface area contributed by atoms with Gasteiger partial charge in [0.2, 0.25) is 0 Å². The molecule has 1 aliphatic rings. The molecule has 0 bridgehead atoms. The minimum absolute atomic E-state index is 0.534. The summed E-state index contributed by atoms with van der Waals surface area (Å²) < 4.78 is 27.2. The maximum atomic E-state index is 13.0. The topological polar surface area (TPSA) is 18.8 Å². The van der Waals surface area contributed by atoms with E-state index in [0.717, 1.165) is 21.4 Å². The Balaban J connectivity index is 2.43. The Hall–Kier alpha value is -1.65. The fourth-order valence-electron chi connectivity index (χ4n) is 2.20. The summed E-state index contributed by atoms with van der Waals surface area (Å²) in [5.41, 5.74) is 4.16. The summed E-state index contributed by atoms with van der Waals surface area (Å²) in [6, 6.07) is 2.00. The van der Waals surface area contributed by atoms with Crippen LogP contribution >= 0.6 is 0 Å². The number of aromatic amines is 1. The van der Waals surface area contributed by atoms with Crippen LogP contribution in [0.3, 0.4) is 0 Å². The van der Waals surface area contributed by atoms with Crippen molar-refractivity contribution in [1.29, 1.82) is 0 Å². The molecule has 94 valence electrons. The van der Waals surface area contributed by atoms with E-state index in [1.165, 1.54) is 0 Å². The van der Waals surface area contributed by atoms with Gasteiger partial charge in [-0.25, -0.2) is 13.1 Å². The van der Waals surface area contributed by atoms with E-state index in [-0.39, 0.29) is 0 Å². The lowest BCUT2D eigenvalue weighted by atomic mass is 10.1. The Morgan fingerprint density at radius 2 is 2.06 bits per heavy atom. The third-order valence-electron chi connectivity index (χ3n) is 3.07. The van der Waals surface area contributed by atoms with Gasteiger partial charge >= 0.3 is 7.40 Å². The molecule has 0 amide bonds. The largest absolute Gasteiger partial charge is 0.934 e. The highest BCUT2D eigenvalue weighted by Crippen LogP contribution is 2.19. The lowest BCUT2D eigenvalue weighted by Crippen LogP contribution is -2.24. The second kappa shape index (κ2) is 4.92. The molecule has 2 nitrogen and oxygen atoms in total. The average molecular weight is 249 g/mol. The molecule has 0 saturated carbocycles. The number of aryl methyl sites for hydroxylation is 2. The molecule has 18 heavy (non-hydrogen) atoms. The summed E-state index contributed by atoms with van der Waals surface area (Å²) in [5, 5.41) is 0. The van der Waals surface area contributed by atoms with E-state index >= 15 is 0 Å². The summed E-state index contributed by atoms with van der Waals surface area (Å²) >= 11 is 0.